The van der Waals surface area contributed by atoms with Crippen LogP contribution in [-0.4, -0.2) is 22.8 Å². The Morgan fingerprint density at radius 1 is 1.21 bits per heavy atom. The Hall–Kier alpha value is -2.18. The lowest BCUT2D eigenvalue weighted by molar-refractivity contribution is 0.0264. The first-order valence-electron chi connectivity index (χ1n) is 8.34. The summed E-state index contributed by atoms with van der Waals surface area (Å²) in [5, 5.41) is 8.49. The van der Waals surface area contributed by atoms with Crippen molar-refractivity contribution in [1.82, 2.24) is 15.5 Å². The number of hydrogen-bond donors (Lipinski definition) is 1. The fourth-order valence-electron chi connectivity index (χ4n) is 3.28. The van der Waals surface area contributed by atoms with E-state index in [1.54, 1.807) is 0 Å². The molecule has 1 aliphatic heterocycles. The van der Waals surface area contributed by atoms with Crippen molar-refractivity contribution < 1.29 is 13.7 Å². The van der Waals surface area contributed by atoms with Crippen LogP contribution >= 0.6 is 0 Å². The van der Waals surface area contributed by atoms with Crippen LogP contribution in [0.2, 0.25) is 0 Å². The molecular weight excluding hydrogens is 306 g/mol. The van der Waals surface area contributed by atoms with E-state index >= 15 is 0 Å². The summed E-state index contributed by atoms with van der Waals surface area (Å²) in [6, 6.07) is 8.14. The van der Waals surface area contributed by atoms with E-state index in [2.05, 4.69) is 21.5 Å². The van der Waals surface area contributed by atoms with Gasteiger partial charge in [0, 0.05) is 24.0 Å². The van der Waals surface area contributed by atoms with E-state index in [0.717, 1.165) is 37.3 Å². The van der Waals surface area contributed by atoms with E-state index in [4.69, 9.17) is 13.7 Å². The van der Waals surface area contributed by atoms with Crippen LogP contribution in [0.3, 0.4) is 0 Å². The number of aromatic nitrogens is 2. The highest BCUT2D eigenvalue weighted by Gasteiger charge is 2.30. The van der Waals surface area contributed by atoms with E-state index in [-0.39, 0.29) is 12.2 Å². The van der Waals surface area contributed by atoms with Crippen LogP contribution in [0.5, 0.6) is 0 Å². The molecule has 24 heavy (non-hydrogen) atoms. The van der Waals surface area contributed by atoms with Crippen molar-refractivity contribution in [3.63, 3.8) is 0 Å². The summed E-state index contributed by atoms with van der Waals surface area (Å²) in [6.45, 7) is 5.39. The molecular formula is C18H21N3O3. The number of nitrogens with zero attached hydrogens (tertiary/aromatic N) is 2. The van der Waals surface area contributed by atoms with E-state index in [9.17, 15) is 0 Å². The number of furan rings is 1. The van der Waals surface area contributed by atoms with Gasteiger partial charge in [-0.05, 0) is 32.8 Å². The molecule has 4 rings (SSSR count). The van der Waals surface area contributed by atoms with Gasteiger partial charge in [0.1, 0.15) is 17.4 Å². The number of para-hydroxylation sites is 1. The summed E-state index contributed by atoms with van der Waals surface area (Å²) in [5.41, 5.74) is 2.16. The van der Waals surface area contributed by atoms with Crippen LogP contribution < -0.4 is 5.32 Å². The predicted octanol–water partition coefficient (Wildman–Crippen LogP) is 3.44. The van der Waals surface area contributed by atoms with Crippen molar-refractivity contribution in [3.05, 3.63) is 47.3 Å². The molecule has 1 N–H and O–H groups in total. The second-order valence-corrected chi connectivity index (χ2v) is 6.27. The first-order chi connectivity index (χ1) is 11.7. The molecule has 3 heterocycles. The van der Waals surface area contributed by atoms with Gasteiger partial charge < -0.3 is 19.0 Å². The summed E-state index contributed by atoms with van der Waals surface area (Å²) >= 11 is 0. The molecule has 1 saturated heterocycles. The third kappa shape index (κ3) is 2.95. The Bertz CT molecular complexity index is 839. The highest BCUT2D eigenvalue weighted by molar-refractivity contribution is 5.82. The number of benzene rings is 1. The van der Waals surface area contributed by atoms with Crippen molar-refractivity contribution >= 4 is 11.0 Å². The molecule has 0 unspecified atom stereocenters. The molecule has 6 nitrogen and oxygen atoms in total. The lowest BCUT2D eigenvalue weighted by atomic mass is 10.1. The highest BCUT2D eigenvalue weighted by atomic mass is 16.5. The van der Waals surface area contributed by atoms with Gasteiger partial charge in [0.05, 0.1) is 6.10 Å². The molecule has 0 aliphatic carbocycles. The molecule has 0 bridgehead atoms. The Morgan fingerprint density at radius 3 is 2.92 bits per heavy atom. The first-order valence-corrected chi connectivity index (χ1v) is 8.34. The quantitative estimate of drug-likeness (QED) is 0.774. The van der Waals surface area contributed by atoms with E-state index in [1.807, 2.05) is 32.0 Å². The zero-order chi connectivity index (χ0) is 16.5. The lowest BCUT2D eigenvalue weighted by Crippen LogP contribution is -2.26. The fraction of sp³-hybridized carbons (Fsp3) is 0.444. The third-order valence-electron chi connectivity index (χ3n) is 4.50. The van der Waals surface area contributed by atoms with Crippen molar-refractivity contribution in [3.8, 4) is 0 Å². The molecule has 126 valence electrons. The molecule has 0 amide bonds. The molecule has 6 heteroatoms. The maximum atomic E-state index is 6.02. The number of aryl methyl sites for hydroxylation is 2. The second kappa shape index (κ2) is 6.37. The van der Waals surface area contributed by atoms with Gasteiger partial charge in [-0.25, -0.2) is 0 Å². The largest absolute Gasteiger partial charge is 0.461 e. The third-order valence-corrected chi connectivity index (χ3v) is 4.50. The molecule has 0 radical (unpaired) electrons. The first kappa shape index (κ1) is 15.4. The summed E-state index contributed by atoms with van der Waals surface area (Å²) in [4.78, 5) is 4.26. The Labute approximate surface area is 140 Å². The van der Waals surface area contributed by atoms with Crippen LogP contribution in [0.25, 0.3) is 11.0 Å². The molecule has 2 atom stereocenters. The number of rotatable bonds is 5. The standard InChI is InChI=1S/C18H21N3O3/c1-11-15(14-5-3-4-6-16(14)22-11)10-19-9-13-7-8-17(23-13)18-20-12(2)21-24-18/h3-6,13,17,19H,7-10H2,1-2H3/t13-,17+/m1/s1. The smallest absolute Gasteiger partial charge is 0.255 e. The number of nitrogens with one attached hydrogen (secondary N) is 1. The topological polar surface area (TPSA) is 73.3 Å². The summed E-state index contributed by atoms with van der Waals surface area (Å²) in [7, 11) is 0. The molecule has 1 aromatic carbocycles. The van der Waals surface area contributed by atoms with Crippen LogP contribution in [0.4, 0.5) is 0 Å². The molecule has 1 aliphatic rings. The zero-order valence-corrected chi connectivity index (χ0v) is 13.9. The molecule has 3 aromatic rings. The van der Waals surface area contributed by atoms with Crippen LogP contribution in [-0.2, 0) is 11.3 Å². The molecule has 0 saturated carbocycles. The molecule has 1 fully saturated rings. The van der Waals surface area contributed by atoms with Gasteiger partial charge in [0.25, 0.3) is 5.89 Å². The van der Waals surface area contributed by atoms with Crippen molar-refractivity contribution in [2.45, 2.75) is 45.4 Å². The van der Waals surface area contributed by atoms with Crippen LogP contribution in [0.1, 0.15) is 42.0 Å². The molecule has 0 spiro atoms. The van der Waals surface area contributed by atoms with Gasteiger partial charge >= 0.3 is 0 Å². The minimum atomic E-state index is -0.0745. The van der Waals surface area contributed by atoms with Crippen LogP contribution in [0, 0.1) is 13.8 Å². The molecule has 2 aromatic heterocycles. The Morgan fingerprint density at radius 2 is 2.08 bits per heavy atom. The van der Waals surface area contributed by atoms with Crippen molar-refractivity contribution in [1.29, 1.82) is 0 Å². The van der Waals surface area contributed by atoms with Gasteiger partial charge in [0.15, 0.2) is 5.82 Å². The Balaban J connectivity index is 1.34. The average Bonchev–Trinajstić information content (AvgIpc) is 3.27. The van der Waals surface area contributed by atoms with Gasteiger partial charge in [0.2, 0.25) is 0 Å². The zero-order valence-electron chi connectivity index (χ0n) is 13.9. The van der Waals surface area contributed by atoms with Crippen molar-refractivity contribution in [2.75, 3.05) is 6.54 Å². The normalized spacial score (nSPS) is 20.9. The van der Waals surface area contributed by atoms with Gasteiger partial charge in [-0.15, -0.1) is 0 Å². The number of hydrogen-bond acceptors (Lipinski definition) is 6. The van der Waals surface area contributed by atoms with Gasteiger partial charge in [-0.1, -0.05) is 23.4 Å². The summed E-state index contributed by atoms with van der Waals surface area (Å²) in [6.07, 6.45) is 2.00. The summed E-state index contributed by atoms with van der Waals surface area (Å²) in [5.74, 6) is 2.21. The second-order valence-electron chi connectivity index (χ2n) is 6.27. The summed E-state index contributed by atoms with van der Waals surface area (Å²) < 4.78 is 17.0. The fourth-order valence-corrected chi connectivity index (χ4v) is 3.28. The monoisotopic (exact) mass is 327 g/mol. The highest BCUT2D eigenvalue weighted by Crippen LogP contribution is 2.31. The van der Waals surface area contributed by atoms with E-state index in [1.165, 1.54) is 10.9 Å². The minimum absolute atomic E-state index is 0.0745. The lowest BCUT2D eigenvalue weighted by Gasteiger charge is -2.12. The SMILES string of the molecule is Cc1noc([C@@H]2CC[C@H](CNCc3c(C)oc4ccccc34)O2)n1. The van der Waals surface area contributed by atoms with Crippen LogP contribution in [0.15, 0.2) is 33.2 Å². The van der Waals surface area contributed by atoms with E-state index < -0.39 is 0 Å². The Kier molecular flexibility index (Phi) is 4.08. The van der Waals surface area contributed by atoms with Gasteiger partial charge in [-0.3, -0.25) is 0 Å². The maximum absolute atomic E-state index is 6.02. The number of ether oxygens (including phenoxy) is 1. The van der Waals surface area contributed by atoms with Gasteiger partial charge in [-0.2, -0.15) is 4.98 Å². The number of fused-ring (bicyclic) bond motifs is 1. The van der Waals surface area contributed by atoms with Crippen molar-refractivity contribution in [2.24, 2.45) is 0 Å². The maximum Gasteiger partial charge on any atom is 0.255 e. The average molecular weight is 327 g/mol. The minimum Gasteiger partial charge on any atom is -0.461 e. The van der Waals surface area contributed by atoms with E-state index in [0.29, 0.717) is 11.7 Å². The predicted molar refractivity (Wildman–Crippen MR) is 88.5 cm³/mol.